The van der Waals surface area contributed by atoms with Crippen molar-refractivity contribution in [3.63, 3.8) is 0 Å². The van der Waals surface area contributed by atoms with Crippen molar-refractivity contribution in [2.24, 2.45) is 0 Å². The Balaban J connectivity index is 1.83. The van der Waals surface area contributed by atoms with Gasteiger partial charge in [0.1, 0.15) is 5.75 Å². The lowest BCUT2D eigenvalue weighted by molar-refractivity contribution is -0.123. The number of rotatable bonds is 8. The Labute approximate surface area is 148 Å². The second kappa shape index (κ2) is 8.53. The van der Waals surface area contributed by atoms with Crippen LogP contribution in [0.15, 0.2) is 54.6 Å². The summed E-state index contributed by atoms with van der Waals surface area (Å²) in [5, 5.41) is 2.67. The molecule has 0 aromatic heterocycles. The second-order valence-corrected chi connectivity index (χ2v) is 7.53. The van der Waals surface area contributed by atoms with Gasteiger partial charge in [-0.05, 0) is 31.2 Å². The highest BCUT2D eigenvalue weighted by atomic mass is 32.2. The molecule has 0 aliphatic rings. The number of amides is 1. The third-order valence-electron chi connectivity index (χ3n) is 3.47. The summed E-state index contributed by atoms with van der Waals surface area (Å²) in [7, 11) is -3.42. The van der Waals surface area contributed by atoms with E-state index in [1.54, 1.807) is 36.4 Å². The van der Waals surface area contributed by atoms with E-state index in [4.69, 9.17) is 4.74 Å². The van der Waals surface area contributed by atoms with Crippen molar-refractivity contribution in [3.8, 4) is 5.75 Å². The van der Waals surface area contributed by atoms with Gasteiger partial charge in [0, 0.05) is 6.54 Å². The summed E-state index contributed by atoms with van der Waals surface area (Å²) in [6, 6.07) is 16.2. The van der Waals surface area contributed by atoms with Gasteiger partial charge in [-0.3, -0.25) is 9.10 Å². The summed E-state index contributed by atoms with van der Waals surface area (Å²) in [5.41, 5.74) is 1.67. The number of nitrogens with zero attached hydrogens (tertiary/aromatic N) is 1. The van der Waals surface area contributed by atoms with Crippen LogP contribution in [-0.2, 0) is 14.8 Å². The minimum Gasteiger partial charge on any atom is -0.484 e. The molecular formula is C18H22N2O4S. The molecule has 25 heavy (non-hydrogen) atoms. The zero-order valence-corrected chi connectivity index (χ0v) is 15.1. The lowest BCUT2D eigenvalue weighted by atomic mass is 10.2. The zero-order chi connectivity index (χ0) is 18.3. The van der Waals surface area contributed by atoms with E-state index in [2.05, 4.69) is 5.32 Å². The fourth-order valence-electron chi connectivity index (χ4n) is 2.21. The van der Waals surface area contributed by atoms with Gasteiger partial charge in [0.2, 0.25) is 10.0 Å². The maximum absolute atomic E-state index is 11.9. The molecule has 0 aliphatic carbocycles. The Kier molecular flexibility index (Phi) is 6.41. The van der Waals surface area contributed by atoms with E-state index in [1.165, 1.54) is 4.31 Å². The Morgan fingerprint density at radius 3 is 2.32 bits per heavy atom. The molecule has 6 nitrogen and oxygen atoms in total. The molecule has 0 spiro atoms. The molecule has 0 atom stereocenters. The van der Waals surface area contributed by atoms with Crippen molar-refractivity contribution in [3.05, 3.63) is 60.2 Å². The molecule has 2 aromatic rings. The normalized spacial score (nSPS) is 11.0. The first-order chi connectivity index (χ1) is 11.9. The smallest absolute Gasteiger partial charge is 0.258 e. The average Bonchev–Trinajstić information content (AvgIpc) is 2.58. The van der Waals surface area contributed by atoms with Crippen molar-refractivity contribution < 1.29 is 17.9 Å². The first-order valence-electron chi connectivity index (χ1n) is 7.85. The summed E-state index contributed by atoms with van der Waals surface area (Å²) in [6.45, 7) is 2.20. The molecule has 2 aromatic carbocycles. The lowest BCUT2D eigenvalue weighted by Gasteiger charge is -2.22. The van der Waals surface area contributed by atoms with Crippen molar-refractivity contribution in [1.29, 1.82) is 0 Å². The SMILES string of the molecule is Cc1ccc(OCC(=O)NCCN(c2ccccc2)S(C)(=O)=O)cc1. The van der Waals surface area contributed by atoms with Gasteiger partial charge < -0.3 is 10.1 Å². The predicted molar refractivity (Wildman–Crippen MR) is 98.3 cm³/mol. The van der Waals surface area contributed by atoms with Crippen LogP contribution in [0.4, 0.5) is 5.69 Å². The quantitative estimate of drug-likeness (QED) is 0.779. The van der Waals surface area contributed by atoms with E-state index in [0.29, 0.717) is 11.4 Å². The van der Waals surface area contributed by atoms with E-state index >= 15 is 0 Å². The molecule has 1 amide bonds. The summed E-state index contributed by atoms with van der Waals surface area (Å²) >= 11 is 0. The largest absolute Gasteiger partial charge is 0.484 e. The number of benzene rings is 2. The van der Waals surface area contributed by atoms with Gasteiger partial charge >= 0.3 is 0 Å². The molecular weight excluding hydrogens is 340 g/mol. The van der Waals surface area contributed by atoms with E-state index in [1.807, 2.05) is 25.1 Å². The van der Waals surface area contributed by atoms with Crippen molar-refractivity contribution in [1.82, 2.24) is 5.32 Å². The molecule has 0 unspecified atom stereocenters. The fourth-order valence-corrected chi connectivity index (χ4v) is 3.14. The van der Waals surface area contributed by atoms with Crippen molar-refractivity contribution >= 4 is 21.6 Å². The van der Waals surface area contributed by atoms with Crippen molar-refractivity contribution in [2.45, 2.75) is 6.92 Å². The highest BCUT2D eigenvalue weighted by Gasteiger charge is 2.17. The lowest BCUT2D eigenvalue weighted by Crippen LogP contribution is -2.39. The third-order valence-corrected chi connectivity index (χ3v) is 4.67. The Morgan fingerprint density at radius 2 is 1.72 bits per heavy atom. The van der Waals surface area contributed by atoms with Crippen LogP contribution in [0.5, 0.6) is 5.75 Å². The number of anilines is 1. The molecule has 1 N–H and O–H groups in total. The van der Waals surface area contributed by atoms with Gasteiger partial charge in [-0.15, -0.1) is 0 Å². The molecule has 0 fully saturated rings. The number of carbonyl (C=O) groups is 1. The van der Waals surface area contributed by atoms with E-state index in [0.717, 1.165) is 11.8 Å². The molecule has 0 aliphatic heterocycles. The van der Waals surface area contributed by atoms with E-state index < -0.39 is 10.0 Å². The molecule has 0 radical (unpaired) electrons. The number of ether oxygens (including phenoxy) is 1. The van der Waals surface area contributed by atoms with Crippen LogP contribution in [-0.4, -0.2) is 40.3 Å². The maximum Gasteiger partial charge on any atom is 0.258 e. The number of hydrogen-bond donors (Lipinski definition) is 1. The number of nitrogens with one attached hydrogen (secondary N) is 1. The highest BCUT2D eigenvalue weighted by Crippen LogP contribution is 2.15. The molecule has 134 valence electrons. The number of sulfonamides is 1. The average molecular weight is 362 g/mol. The monoisotopic (exact) mass is 362 g/mol. The number of carbonyl (C=O) groups excluding carboxylic acids is 1. The first kappa shape index (κ1) is 18.8. The van der Waals surface area contributed by atoms with Gasteiger partial charge in [0.15, 0.2) is 6.61 Å². The summed E-state index contributed by atoms with van der Waals surface area (Å²) < 4.78 is 30.5. The number of aryl methyl sites for hydroxylation is 1. The van der Waals surface area contributed by atoms with Gasteiger partial charge in [0.05, 0.1) is 18.5 Å². The molecule has 7 heteroatoms. The van der Waals surface area contributed by atoms with E-state index in [9.17, 15) is 13.2 Å². The summed E-state index contributed by atoms with van der Waals surface area (Å²) in [4.78, 5) is 11.8. The molecule has 0 saturated heterocycles. The van der Waals surface area contributed by atoms with Crippen LogP contribution in [0.2, 0.25) is 0 Å². The first-order valence-corrected chi connectivity index (χ1v) is 9.70. The highest BCUT2D eigenvalue weighted by molar-refractivity contribution is 7.92. The van der Waals surface area contributed by atoms with Crippen LogP contribution >= 0.6 is 0 Å². The zero-order valence-electron chi connectivity index (χ0n) is 14.3. The Bertz CT molecular complexity index is 790. The molecule has 2 rings (SSSR count). The minimum absolute atomic E-state index is 0.118. The van der Waals surface area contributed by atoms with Gasteiger partial charge in [-0.2, -0.15) is 0 Å². The van der Waals surface area contributed by atoms with Crippen LogP contribution in [0, 0.1) is 6.92 Å². The van der Waals surface area contributed by atoms with Crippen LogP contribution < -0.4 is 14.4 Å². The number of hydrogen-bond acceptors (Lipinski definition) is 4. The molecule has 0 saturated carbocycles. The molecule has 0 heterocycles. The van der Waals surface area contributed by atoms with Crippen LogP contribution in [0.25, 0.3) is 0 Å². The van der Waals surface area contributed by atoms with Crippen LogP contribution in [0.3, 0.4) is 0 Å². The Morgan fingerprint density at radius 1 is 1.08 bits per heavy atom. The van der Waals surface area contributed by atoms with Gasteiger partial charge in [0.25, 0.3) is 5.91 Å². The number of para-hydroxylation sites is 1. The summed E-state index contributed by atoms with van der Waals surface area (Å²) in [6.07, 6.45) is 1.14. The summed E-state index contributed by atoms with van der Waals surface area (Å²) in [5.74, 6) is 0.310. The third kappa shape index (κ3) is 6.11. The fraction of sp³-hybridized carbons (Fsp3) is 0.278. The Hall–Kier alpha value is -2.54. The maximum atomic E-state index is 11.9. The second-order valence-electron chi connectivity index (χ2n) is 5.62. The van der Waals surface area contributed by atoms with E-state index in [-0.39, 0.29) is 25.6 Å². The standard InChI is InChI=1S/C18H22N2O4S/c1-15-8-10-17(11-9-15)24-14-18(21)19-12-13-20(25(2,22)23)16-6-4-3-5-7-16/h3-11H,12-14H2,1-2H3,(H,19,21). The van der Waals surface area contributed by atoms with Gasteiger partial charge in [-0.25, -0.2) is 8.42 Å². The molecule has 0 bridgehead atoms. The van der Waals surface area contributed by atoms with Crippen molar-refractivity contribution in [2.75, 3.05) is 30.3 Å². The van der Waals surface area contributed by atoms with Crippen LogP contribution in [0.1, 0.15) is 5.56 Å². The predicted octanol–water partition coefficient (Wildman–Crippen LogP) is 1.96. The minimum atomic E-state index is -3.42. The topological polar surface area (TPSA) is 75.7 Å². The van der Waals surface area contributed by atoms with Gasteiger partial charge in [-0.1, -0.05) is 35.9 Å².